The monoisotopic (exact) mass is 283 g/mol. The van der Waals surface area contributed by atoms with Crippen LogP contribution in [0.3, 0.4) is 0 Å². The van der Waals surface area contributed by atoms with Gasteiger partial charge in [-0.2, -0.15) is 0 Å². The zero-order valence-corrected chi connectivity index (χ0v) is 12.4. The molecule has 1 fully saturated rings. The molecule has 0 amide bonds. The summed E-state index contributed by atoms with van der Waals surface area (Å²) in [6.07, 6.45) is 9.56. The Kier molecular flexibility index (Phi) is 4.38. The maximum Gasteiger partial charge on any atom is 0.199 e. The standard InChI is InChI=1S/C16H21N5/c1-2-8-17-14-11-13(12-6-3-4-7-12)20-16(21-14)15-18-9-5-10-19-15/h5,9-12H,2-4,6-8H2,1H3,(H,17,20,21). The van der Waals surface area contributed by atoms with E-state index >= 15 is 0 Å². The molecule has 1 aliphatic rings. The van der Waals surface area contributed by atoms with E-state index in [1.54, 1.807) is 18.5 Å². The molecule has 1 N–H and O–H groups in total. The summed E-state index contributed by atoms with van der Waals surface area (Å²) in [6, 6.07) is 3.90. The number of anilines is 1. The van der Waals surface area contributed by atoms with Crippen molar-refractivity contribution in [2.45, 2.75) is 44.9 Å². The van der Waals surface area contributed by atoms with Gasteiger partial charge in [-0.25, -0.2) is 19.9 Å². The summed E-state index contributed by atoms with van der Waals surface area (Å²) >= 11 is 0. The molecule has 1 aliphatic carbocycles. The Morgan fingerprint density at radius 3 is 2.57 bits per heavy atom. The van der Waals surface area contributed by atoms with Gasteiger partial charge < -0.3 is 5.32 Å². The van der Waals surface area contributed by atoms with E-state index in [0.29, 0.717) is 17.6 Å². The van der Waals surface area contributed by atoms with Crippen LogP contribution in [0, 0.1) is 0 Å². The van der Waals surface area contributed by atoms with Crippen molar-refractivity contribution in [3.63, 3.8) is 0 Å². The van der Waals surface area contributed by atoms with E-state index in [9.17, 15) is 0 Å². The van der Waals surface area contributed by atoms with Gasteiger partial charge in [0.2, 0.25) is 0 Å². The van der Waals surface area contributed by atoms with E-state index in [1.165, 1.54) is 25.7 Å². The molecule has 2 aromatic rings. The molecule has 0 atom stereocenters. The Morgan fingerprint density at radius 2 is 1.86 bits per heavy atom. The largest absolute Gasteiger partial charge is 0.370 e. The van der Waals surface area contributed by atoms with Gasteiger partial charge in [-0.3, -0.25) is 0 Å². The summed E-state index contributed by atoms with van der Waals surface area (Å²) in [4.78, 5) is 17.8. The van der Waals surface area contributed by atoms with Crippen LogP contribution in [-0.2, 0) is 0 Å². The SMILES string of the molecule is CCCNc1cc(C2CCCC2)nc(-c2ncccn2)n1. The molecule has 0 bridgehead atoms. The Bertz CT molecular complexity index is 578. The van der Waals surface area contributed by atoms with Gasteiger partial charge >= 0.3 is 0 Å². The average molecular weight is 283 g/mol. The minimum Gasteiger partial charge on any atom is -0.370 e. The third-order valence-corrected chi connectivity index (χ3v) is 3.84. The lowest BCUT2D eigenvalue weighted by molar-refractivity contribution is 0.694. The minimum atomic E-state index is 0.553. The van der Waals surface area contributed by atoms with Gasteiger partial charge in [0.1, 0.15) is 5.82 Å². The van der Waals surface area contributed by atoms with Gasteiger partial charge in [-0.1, -0.05) is 19.8 Å². The highest BCUT2D eigenvalue weighted by Gasteiger charge is 2.20. The van der Waals surface area contributed by atoms with Crippen LogP contribution in [0.5, 0.6) is 0 Å². The highest BCUT2D eigenvalue weighted by Crippen LogP contribution is 2.34. The summed E-state index contributed by atoms with van der Waals surface area (Å²) in [5.74, 6) is 2.66. The lowest BCUT2D eigenvalue weighted by Gasteiger charge is -2.12. The number of hydrogen-bond acceptors (Lipinski definition) is 5. The molecular formula is C16H21N5. The molecule has 5 nitrogen and oxygen atoms in total. The number of rotatable bonds is 5. The summed E-state index contributed by atoms with van der Waals surface area (Å²) in [5, 5.41) is 3.36. The molecular weight excluding hydrogens is 262 g/mol. The summed E-state index contributed by atoms with van der Waals surface area (Å²) in [6.45, 7) is 3.06. The van der Waals surface area contributed by atoms with Crippen LogP contribution in [0.2, 0.25) is 0 Å². The van der Waals surface area contributed by atoms with E-state index in [0.717, 1.165) is 24.5 Å². The van der Waals surface area contributed by atoms with Crippen molar-refractivity contribution in [1.82, 2.24) is 19.9 Å². The Labute approximate surface area is 125 Å². The fourth-order valence-corrected chi connectivity index (χ4v) is 2.75. The van der Waals surface area contributed by atoms with Crippen molar-refractivity contribution in [1.29, 1.82) is 0 Å². The molecule has 5 heteroatoms. The highest BCUT2D eigenvalue weighted by atomic mass is 15.1. The zero-order valence-electron chi connectivity index (χ0n) is 12.4. The first-order chi connectivity index (χ1) is 10.4. The molecule has 0 aromatic carbocycles. The molecule has 0 unspecified atom stereocenters. The molecule has 0 radical (unpaired) electrons. The predicted molar refractivity (Wildman–Crippen MR) is 83.0 cm³/mol. The van der Waals surface area contributed by atoms with Gasteiger partial charge in [0.05, 0.1) is 0 Å². The molecule has 3 rings (SSSR count). The van der Waals surface area contributed by atoms with E-state index in [1.807, 2.05) is 0 Å². The smallest absolute Gasteiger partial charge is 0.199 e. The van der Waals surface area contributed by atoms with Crippen molar-refractivity contribution < 1.29 is 0 Å². The third kappa shape index (κ3) is 3.35. The van der Waals surface area contributed by atoms with Crippen LogP contribution in [0.4, 0.5) is 5.82 Å². The van der Waals surface area contributed by atoms with E-state index in [2.05, 4.69) is 33.3 Å². The highest BCUT2D eigenvalue weighted by molar-refractivity contribution is 5.49. The van der Waals surface area contributed by atoms with E-state index in [4.69, 9.17) is 4.98 Å². The third-order valence-electron chi connectivity index (χ3n) is 3.84. The first-order valence-corrected chi connectivity index (χ1v) is 7.77. The molecule has 1 saturated carbocycles. The van der Waals surface area contributed by atoms with Gasteiger partial charge in [0.15, 0.2) is 11.6 Å². The fraction of sp³-hybridized carbons (Fsp3) is 0.500. The first-order valence-electron chi connectivity index (χ1n) is 7.77. The quantitative estimate of drug-likeness (QED) is 0.911. The topological polar surface area (TPSA) is 63.6 Å². The van der Waals surface area contributed by atoms with Crippen molar-refractivity contribution in [3.8, 4) is 11.6 Å². The van der Waals surface area contributed by atoms with Gasteiger partial charge in [-0.15, -0.1) is 0 Å². The summed E-state index contributed by atoms with van der Waals surface area (Å²) < 4.78 is 0. The van der Waals surface area contributed by atoms with Crippen molar-refractivity contribution in [2.75, 3.05) is 11.9 Å². The normalized spacial score (nSPS) is 15.3. The van der Waals surface area contributed by atoms with Crippen LogP contribution in [-0.4, -0.2) is 26.5 Å². The van der Waals surface area contributed by atoms with Crippen LogP contribution >= 0.6 is 0 Å². The van der Waals surface area contributed by atoms with Crippen molar-refractivity contribution in [2.24, 2.45) is 0 Å². The van der Waals surface area contributed by atoms with Crippen molar-refractivity contribution >= 4 is 5.82 Å². The number of nitrogens with zero attached hydrogens (tertiary/aromatic N) is 4. The number of nitrogens with one attached hydrogen (secondary N) is 1. The van der Waals surface area contributed by atoms with Gasteiger partial charge in [0.25, 0.3) is 0 Å². The average Bonchev–Trinajstić information content (AvgIpc) is 3.08. The molecule has 0 saturated heterocycles. The zero-order chi connectivity index (χ0) is 14.5. The van der Waals surface area contributed by atoms with Crippen LogP contribution in [0.1, 0.15) is 50.6 Å². The molecule has 2 aromatic heterocycles. The number of aromatic nitrogens is 4. The Morgan fingerprint density at radius 1 is 1.10 bits per heavy atom. The van der Waals surface area contributed by atoms with E-state index < -0.39 is 0 Å². The van der Waals surface area contributed by atoms with E-state index in [-0.39, 0.29) is 0 Å². The van der Waals surface area contributed by atoms with Gasteiger partial charge in [0, 0.05) is 36.6 Å². The summed E-state index contributed by atoms with van der Waals surface area (Å²) in [7, 11) is 0. The minimum absolute atomic E-state index is 0.553. The fourth-order valence-electron chi connectivity index (χ4n) is 2.75. The van der Waals surface area contributed by atoms with Crippen LogP contribution in [0.25, 0.3) is 11.6 Å². The second kappa shape index (κ2) is 6.61. The molecule has 21 heavy (non-hydrogen) atoms. The lowest BCUT2D eigenvalue weighted by atomic mass is 10.0. The molecule has 2 heterocycles. The second-order valence-electron chi connectivity index (χ2n) is 5.48. The molecule has 0 aliphatic heterocycles. The second-order valence-corrected chi connectivity index (χ2v) is 5.48. The maximum atomic E-state index is 4.72. The van der Waals surface area contributed by atoms with Gasteiger partial charge in [-0.05, 0) is 25.3 Å². The maximum absolute atomic E-state index is 4.72. The Hall–Kier alpha value is -2.04. The predicted octanol–water partition coefficient (Wildman–Crippen LogP) is 3.41. The number of hydrogen-bond donors (Lipinski definition) is 1. The van der Waals surface area contributed by atoms with Crippen LogP contribution in [0.15, 0.2) is 24.5 Å². The lowest BCUT2D eigenvalue weighted by Crippen LogP contribution is -2.08. The molecule has 0 spiro atoms. The first kappa shape index (κ1) is 13.9. The Balaban J connectivity index is 1.96. The summed E-state index contributed by atoms with van der Waals surface area (Å²) in [5.41, 5.74) is 1.13. The van der Waals surface area contributed by atoms with Crippen LogP contribution < -0.4 is 5.32 Å². The van der Waals surface area contributed by atoms with Crippen molar-refractivity contribution in [3.05, 3.63) is 30.2 Å². The molecule has 110 valence electrons.